The van der Waals surface area contributed by atoms with Crippen molar-refractivity contribution < 1.29 is 25.8 Å². The number of fused-ring (bicyclic) bond motifs is 1. The maximum absolute atomic E-state index is 12.7. The molecule has 1 heterocycles. The van der Waals surface area contributed by atoms with E-state index in [-0.39, 0.29) is 5.39 Å². The molecule has 0 N–H and O–H groups in total. The van der Waals surface area contributed by atoms with E-state index in [1.165, 1.54) is 10.6 Å². The molecule has 5 nitrogen and oxygen atoms in total. The Hall–Kier alpha value is -2.81. The lowest BCUT2D eigenvalue weighted by Gasteiger charge is -2.12. The average molecular weight is 383 g/mol. The third-order valence-electron chi connectivity index (χ3n) is 3.74. The highest BCUT2D eigenvalue weighted by Gasteiger charge is 2.48. The standard InChI is InChI=1S/C17H12F3NO4S/c1-11-4-2-3-5-15(11)21-9-8-12-6-7-13(10-14(12)16(21)22)25-26(23,24)17(18,19)20/h2-10H,1H3. The van der Waals surface area contributed by atoms with Crippen molar-refractivity contribution in [2.45, 2.75) is 12.4 Å². The topological polar surface area (TPSA) is 65.4 Å². The zero-order valence-corrected chi connectivity index (χ0v) is 14.1. The number of benzene rings is 2. The first kappa shape index (κ1) is 18.0. The highest BCUT2D eigenvalue weighted by atomic mass is 32.2. The van der Waals surface area contributed by atoms with Gasteiger partial charge in [0.05, 0.1) is 11.1 Å². The summed E-state index contributed by atoms with van der Waals surface area (Å²) in [5.74, 6) is -0.588. The van der Waals surface area contributed by atoms with Gasteiger partial charge in [-0.1, -0.05) is 24.3 Å². The lowest BCUT2D eigenvalue weighted by molar-refractivity contribution is -0.0500. The van der Waals surface area contributed by atoms with E-state index in [9.17, 15) is 26.4 Å². The quantitative estimate of drug-likeness (QED) is 0.513. The van der Waals surface area contributed by atoms with Crippen molar-refractivity contribution in [2.24, 2.45) is 0 Å². The Balaban J connectivity index is 2.14. The first-order chi connectivity index (χ1) is 12.1. The van der Waals surface area contributed by atoms with Gasteiger partial charge in [-0.25, -0.2) is 0 Å². The summed E-state index contributed by atoms with van der Waals surface area (Å²) in [6, 6.07) is 12.0. The van der Waals surface area contributed by atoms with Crippen LogP contribution in [0.3, 0.4) is 0 Å². The molecule has 0 aliphatic rings. The van der Waals surface area contributed by atoms with E-state index in [0.29, 0.717) is 11.1 Å². The lowest BCUT2D eigenvalue weighted by Crippen LogP contribution is -2.28. The number of aromatic nitrogens is 1. The molecule has 0 radical (unpaired) electrons. The van der Waals surface area contributed by atoms with Gasteiger partial charge in [0.15, 0.2) is 0 Å². The van der Waals surface area contributed by atoms with E-state index in [4.69, 9.17) is 0 Å². The van der Waals surface area contributed by atoms with Crippen LogP contribution in [-0.4, -0.2) is 18.5 Å². The Bertz CT molecular complexity index is 1150. The minimum atomic E-state index is -5.81. The van der Waals surface area contributed by atoms with E-state index in [1.807, 2.05) is 0 Å². The van der Waals surface area contributed by atoms with E-state index < -0.39 is 26.9 Å². The summed E-state index contributed by atoms with van der Waals surface area (Å²) >= 11 is 0. The van der Waals surface area contributed by atoms with Gasteiger partial charge in [0.25, 0.3) is 5.56 Å². The fourth-order valence-electron chi connectivity index (χ4n) is 2.47. The van der Waals surface area contributed by atoms with Gasteiger partial charge in [0, 0.05) is 6.20 Å². The Kier molecular flexibility index (Phi) is 4.27. The number of para-hydroxylation sites is 1. The second-order valence-corrected chi connectivity index (χ2v) is 7.05. The highest BCUT2D eigenvalue weighted by molar-refractivity contribution is 7.88. The molecule has 0 bridgehead atoms. The fourth-order valence-corrected chi connectivity index (χ4v) is 2.92. The fraction of sp³-hybridized carbons (Fsp3) is 0.118. The summed E-state index contributed by atoms with van der Waals surface area (Å²) in [7, 11) is -5.81. The van der Waals surface area contributed by atoms with Gasteiger partial charge in [0.2, 0.25) is 0 Å². The molecule has 0 amide bonds. The molecule has 0 aliphatic carbocycles. The van der Waals surface area contributed by atoms with Crippen molar-refractivity contribution in [1.29, 1.82) is 0 Å². The van der Waals surface area contributed by atoms with Crippen LogP contribution in [0.5, 0.6) is 5.75 Å². The van der Waals surface area contributed by atoms with Crippen molar-refractivity contribution in [3.8, 4) is 11.4 Å². The van der Waals surface area contributed by atoms with Gasteiger partial charge in [-0.05, 0) is 42.1 Å². The van der Waals surface area contributed by atoms with Crippen LogP contribution in [0.25, 0.3) is 16.5 Å². The molecule has 26 heavy (non-hydrogen) atoms. The molecule has 0 saturated carbocycles. The summed E-state index contributed by atoms with van der Waals surface area (Å²) in [4.78, 5) is 12.7. The molecule has 0 fully saturated rings. The summed E-state index contributed by atoms with van der Waals surface area (Å²) in [6.45, 7) is 1.81. The maximum Gasteiger partial charge on any atom is 0.534 e. The Labute approximate surface area is 146 Å². The first-order valence-corrected chi connectivity index (χ1v) is 8.73. The summed E-state index contributed by atoms with van der Waals surface area (Å²) in [5.41, 5.74) is -4.64. The van der Waals surface area contributed by atoms with Crippen LogP contribution in [0.4, 0.5) is 13.2 Å². The number of rotatable bonds is 3. The number of nitrogens with zero attached hydrogens (tertiary/aromatic N) is 1. The molecule has 0 saturated heterocycles. The Morgan fingerprint density at radius 1 is 1.04 bits per heavy atom. The summed E-state index contributed by atoms with van der Waals surface area (Å²) in [6.07, 6.45) is 1.54. The van der Waals surface area contributed by atoms with Crippen molar-refractivity contribution >= 4 is 20.9 Å². The average Bonchev–Trinajstić information content (AvgIpc) is 2.55. The molecule has 0 spiro atoms. The smallest absolute Gasteiger partial charge is 0.376 e. The second kappa shape index (κ2) is 6.17. The Morgan fingerprint density at radius 2 is 1.73 bits per heavy atom. The summed E-state index contributed by atoms with van der Waals surface area (Å²) < 4.78 is 65.1. The van der Waals surface area contributed by atoms with Crippen molar-refractivity contribution in [3.63, 3.8) is 0 Å². The van der Waals surface area contributed by atoms with Crippen LogP contribution >= 0.6 is 0 Å². The molecule has 9 heteroatoms. The number of hydrogen-bond donors (Lipinski definition) is 0. The molecule has 3 rings (SSSR count). The number of hydrogen-bond acceptors (Lipinski definition) is 4. The van der Waals surface area contributed by atoms with Gasteiger partial charge >= 0.3 is 15.6 Å². The van der Waals surface area contributed by atoms with Crippen LogP contribution in [0.2, 0.25) is 0 Å². The Morgan fingerprint density at radius 3 is 2.38 bits per heavy atom. The highest BCUT2D eigenvalue weighted by Crippen LogP contribution is 2.28. The van der Waals surface area contributed by atoms with Crippen LogP contribution in [0.15, 0.2) is 59.5 Å². The van der Waals surface area contributed by atoms with Gasteiger partial charge in [-0.2, -0.15) is 21.6 Å². The lowest BCUT2D eigenvalue weighted by atomic mass is 10.1. The SMILES string of the molecule is Cc1ccccc1-n1ccc2ccc(OS(=O)(=O)C(F)(F)F)cc2c1=O. The van der Waals surface area contributed by atoms with Crippen molar-refractivity contribution in [1.82, 2.24) is 4.57 Å². The van der Waals surface area contributed by atoms with Crippen LogP contribution in [0, 0.1) is 6.92 Å². The normalized spacial score (nSPS) is 12.3. The molecule has 136 valence electrons. The van der Waals surface area contributed by atoms with E-state index in [2.05, 4.69) is 4.18 Å². The molecular weight excluding hydrogens is 371 g/mol. The molecule has 2 aromatic carbocycles. The molecule has 0 aliphatic heterocycles. The minimum absolute atomic E-state index is 0.0330. The van der Waals surface area contributed by atoms with Crippen LogP contribution < -0.4 is 9.74 Å². The zero-order chi connectivity index (χ0) is 19.1. The second-order valence-electron chi connectivity index (χ2n) is 5.51. The van der Waals surface area contributed by atoms with Gasteiger partial charge in [0.1, 0.15) is 5.75 Å². The molecule has 0 atom stereocenters. The minimum Gasteiger partial charge on any atom is -0.376 e. The number of aryl methyl sites for hydroxylation is 1. The third kappa shape index (κ3) is 3.17. The largest absolute Gasteiger partial charge is 0.534 e. The van der Waals surface area contributed by atoms with E-state index >= 15 is 0 Å². The molecular formula is C17H12F3NO4S. The maximum atomic E-state index is 12.7. The predicted molar refractivity (Wildman–Crippen MR) is 89.9 cm³/mol. The number of alkyl halides is 3. The van der Waals surface area contributed by atoms with Crippen molar-refractivity contribution in [3.05, 3.63) is 70.6 Å². The first-order valence-electron chi connectivity index (χ1n) is 7.32. The van der Waals surface area contributed by atoms with E-state index in [1.54, 1.807) is 43.5 Å². The van der Waals surface area contributed by atoms with Gasteiger partial charge in [-0.15, -0.1) is 0 Å². The van der Waals surface area contributed by atoms with E-state index in [0.717, 1.165) is 17.7 Å². The number of pyridine rings is 1. The van der Waals surface area contributed by atoms with Crippen LogP contribution in [-0.2, 0) is 10.1 Å². The zero-order valence-electron chi connectivity index (χ0n) is 13.3. The molecule has 1 aromatic heterocycles. The molecule has 0 unspecified atom stereocenters. The van der Waals surface area contributed by atoms with Gasteiger partial charge < -0.3 is 4.18 Å². The van der Waals surface area contributed by atoms with Crippen LogP contribution in [0.1, 0.15) is 5.56 Å². The summed E-state index contributed by atoms with van der Waals surface area (Å²) in [5, 5.41) is 0.474. The van der Waals surface area contributed by atoms with Gasteiger partial charge in [-0.3, -0.25) is 9.36 Å². The monoisotopic (exact) mass is 383 g/mol. The number of halogens is 3. The third-order valence-corrected chi connectivity index (χ3v) is 4.72. The molecule has 3 aromatic rings. The van der Waals surface area contributed by atoms with Crippen molar-refractivity contribution in [2.75, 3.05) is 0 Å². The predicted octanol–water partition coefficient (Wildman–Crippen LogP) is 3.53.